The van der Waals surface area contributed by atoms with Crippen molar-refractivity contribution in [2.24, 2.45) is 0 Å². The molecule has 3 aromatic rings. The molecule has 0 saturated carbocycles. The van der Waals surface area contributed by atoms with E-state index >= 15 is 0 Å². The molecule has 4 nitrogen and oxygen atoms in total. The topological polar surface area (TPSA) is 45.2 Å². The third-order valence-electron chi connectivity index (χ3n) is 4.31. The van der Waals surface area contributed by atoms with Crippen LogP contribution >= 0.6 is 23.1 Å². The van der Waals surface area contributed by atoms with Crippen LogP contribution in [-0.2, 0) is 5.75 Å². The quantitative estimate of drug-likeness (QED) is 0.546. The molecule has 3 rings (SSSR count). The molecule has 0 aliphatic heterocycles. The second-order valence-electron chi connectivity index (χ2n) is 6.52. The smallest absolute Gasteiger partial charge is 0.254 e. The molecule has 0 fully saturated rings. The Kier molecular flexibility index (Phi) is 7.19. The first-order valence-corrected chi connectivity index (χ1v) is 10.8. The van der Waals surface area contributed by atoms with E-state index in [1.54, 1.807) is 41.8 Å². The fraction of sp³-hybridized carbons (Fsp3) is 0.238. The standard InChI is InChI=1S/C21H22FN3OS2/c1-25(2)19(16-9-11-27-14-16)12-24-20(26)18-4-3-10-23-21(18)28-13-15-5-7-17(22)8-6-15/h3-11,14,19H,12-13H2,1-2H3,(H,24,26). The van der Waals surface area contributed by atoms with Crippen molar-refractivity contribution in [3.63, 3.8) is 0 Å². The van der Waals surface area contributed by atoms with Gasteiger partial charge >= 0.3 is 0 Å². The van der Waals surface area contributed by atoms with Crippen molar-refractivity contribution in [1.29, 1.82) is 0 Å². The maximum absolute atomic E-state index is 13.1. The zero-order valence-corrected chi connectivity index (χ0v) is 17.4. The summed E-state index contributed by atoms with van der Waals surface area (Å²) < 4.78 is 13.1. The van der Waals surface area contributed by atoms with Gasteiger partial charge in [-0.3, -0.25) is 4.79 Å². The number of thiophene rings is 1. The fourth-order valence-electron chi connectivity index (χ4n) is 2.76. The SMILES string of the molecule is CN(C)C(CNC(=O)c1cccnc1SCc1ccc(F)cc1)c1ccsc1. The van der Waals surface area contributed by atoms with E-state index < -0.39 is 0 Å². The predicted octanol–water partition coefficient (Wildman–Crippen LogP) is 4.61. The molecule has 0 aliphatic carbocycles. The number of carbonyl (C=O) groups excluding carboxylic acids is 1. The Morgan fingerprint density at radius 2 is 2.04 bits per heavy atom. The van der Waals surface area contributed by atoms with Gasteiger partial charge in [0, 0.05) is 18.5 Å². The van der Waals surface area contributed by atoms with Gasteiger partial charge in [-0.1, -0.05) is 12.1 Å². The average molecular weight is 416 g/mol. The van der Waals surface area contributed by atoms with E-state index in [-0.39, 0.29) is 17.8 Å². The van der Waals surface area contributed by atoms with Gasteiger partial charge in [-0.25, -0.2) is 9.37 Å². The van der Waals surface area contributed by atoms with E-state index in [2.05, 4.69) is 26.6 Å². The number of hydrogen-bond donors (Lipinski definition) is 1. The van der Waals surface area contributed by atoms with Crippen molar-refractivity contribution in [2.75, 3.05) is 20.6 Å². The molecule has 2 heterocycles. The van der Waals surface area contributed by atoms with Crippen molar-refractivity contribution in [3.8, 4) is 0 Å². The van der Waals surface area contributed by atoms with Crippen LogP contribution in [0.1, 0.15) is 27.5 Å². The first kappa shape index (κ1) is 20.5. The zero-order valence-electron chi connectivity index (χ0n) is 15.8. The Balaban J connectivity index is 1.65. The van der Waals surface area contributed by atoms with Gasteiger partial charge in [-0.2, -0.15) is 11.3 Å². The van der Waals surface area contributed by atoms with Gasteiger partial charge < -0.3 is 10.2 Å². The highest BCUT2D eigenvalue weighted by Gasteiger charge is 2.18. The summed E-state index contributed by atoms with van der Waals surface area (Å²) >= 11 is 3.12. The van der Waals surface area contributed by atoms with Crippen LogP contribution in [0.2, 0.25) is 0 Å². The van der Waals surface area contributed by atoms with Gasteiger partial charge in [0.15, 0.2) is 0 Å². The molecule has 1 atom stereocenters. The first-order chi connectivity index (χ1) is 13.5. The van der Waals surface area contributed by atoms with Crippen molar-refractivity contribution in [3.05, 3.63) is 81.9 Å². The molecule has 0 radical (unpaired) electrons. The van der Waals surface area contributed by atoms with E-state index in [4.69, 9.17) is 0 Å². The molecule has 1 amide bonds. The van der Waals surface area contributed by atoms with Gasteiger partial charge in [0.2, 0.25) is 0 Å². The molecule has 7 heteroatoms. The highest BCUT2D eigenvalue weighted by molar-refractivity contribution is 7.98. The highest BCUT2D eigenvalue weighted by atomic mass is 32.2. The van der Waals surface area contributed by atoms with Crippen LogP contribution in [0.3, 0.4) is 0 Å². The van der Waals surface area contributed by atoms with E-state index in [0.717, 1.165) is 5.56 Å². The summed E-state index contributed by atoms with van der Waals surface area (Å²) in [6.45, 7) is 0.513. The van der Waals surface area contributed by atoms with Gasteiger partial charge in [0.1, 0.15) is 10.8 Å². The van der Waals surface area contributed by atoms with Gasteiger partial charge in [0.05, 0.1) is 11.6 Å². The van der Waals surface area contributed by atoms with E-state index in [1.807, 2.05) is 19.5 Å². The van der Waals surface area contributed by atoms with Crippen molar-refractivity contribution < 1.29 is 9.18 Å². The fourth-order valence-corrected chi connectivity index (χ4v) is 4.41. The van der Waals surface area contributed by atoms with Gasteiger partial charge in [0.25, 0.3) is 5.91 Å². The normalized spacial score (nSPS) is 12.1. The number of carbonyl (C=O) groups is 1. The lowest BCUT2D eigenvalue weighted by atomic mass is 10.1. The second kappa shape index (κ2) is 9.82. The summed E-state index contributed by atoms with van der Waals surface area (Å²) in [7, 11) is 4.01. The average Bonchev–Trinajstić information content (AvgIpc) is 3.22. The number of aromatic nitrogens is 1. The second-order valence-corrected chi connectivity index (χ2v) is 8.26. The number of benzene rings is 1. The number of halogens is 1. The number of nitrogens with zero attached hydrogens (tertiary/aromatic N) is 2. The number of amides is 1. The van der Waals surface area contributed by atoms with Crippen molar-refractivity contribution >= 4 is 29.0 Å². The minimum Gasteiger partial charge on any atom is -0.350 e. The number of pyridine rings is 1. The molecular weight excluding hydrogens is 393 g/mol. The highest BCUT2D eigenvalue weighted by Crippen LogP contribution is 2.25. The molecule has 2 aromatic heterocycles. The largest absolute Gasteiger partial charge is 0.350 e. The lowest BCUT2D eigenvalue weighted by molar-refractivity contribution is 0.0938. The van der Waals surface area contributed by atoms with E-state index in [9.17, 15) is 9.18 Å². The van der Waals surface area contributed by atoms with Crippen LogP contribution in [0.15, 0.2) is 64.4 Å². The van der Waals surface area contributed by atoms with Crippen LogP contribution in [0.4, 0.5) is 4.39 Å². The third-order valence-corrected chi connectivity index (χ3v) is 6.09. The van der Waals surface area contributed by atoms with Crippen LogP contribution in [0.5, 0.6) is 0 Å². The lowest BCUT2D eigenvalue weighted by Gasteiger charge is -2.24. The van der Waals surface area contributed by atoms with Crippen molar-refractivity contribution in [1.82, 2.24) is 15.2 Å². The summed E-state index contributed by atoms with van der Waals surface area (Å²) in [6, 6.07) is 12.1. The molecule has 1 N–H and O–H groups in total. The predicted molar refractivity (Wildman–Crippen MR) is 113 cm³/mol. The van der Waals surface area contributed by atoms with E-state index in [0.29, 0.717) is 22.9 Å². The Morgan fingerprint density at radius 1 is 1.25 bits per heavy atom. The van der Waals surface area contributed by atoms with Crippen LogP contribution < -0.4 is 5.32 Å². The van der Waals surface area contributed by atoms with Crippen LogP contribution in [0, 0.1) is 5.82 Å². The summed E-state index contributed by atoms with van der Waals surface area (Å²) in [5, 5.41) is 7.85. The number of hydrogen-bond acceptors (Lipinski definition) is 5. The minimum absolute atomic E-state index is 0.113. The van der Waals surface area contributed by atoms with Crippen LogP contribution in [-0.4, -0.2) is 36.4 Å². The van der Waals surface area contributed by atoms with Gasteiger partial charge in [-0.15, -0.1) is 11.8 Å². The number of likely N-dealkylation sites (N-methyl/N-ethyl adjacent to an activating group) is 1. The molecule has 28 heavy (non-hydrogen) atoms. The van der Waals surface area contributed by atoms with Gasteiger partial charge in [-0.05, 0) is 66.3 Å². The van der Waals surface area contributed by atoms with Crippen molar-refractivity contribution in [2.45, 2.75) is 16.8 Å². The first-order valence-electron chi connectivity index (χ1n) is 8.83. The number of nitrogens with one attached hydrogen (secondary N) is 1. The Morgan fingerprint density at radius 3 is 2.71 bits per heavy atom. The Labute approximate surface area is 172 Å². The molecule has 1 unspecified atom stereocenters. The minimum atomic E-state index is -0.257. The number of thioether (sulfide) groups is 1. The maximum Gasteiger partial charge on any atom is 0.254 e. The molecule has 146 valence electrons. The Hall–Kier alpha value is -2.22. The zero-order chi connectivity index (χ0) is 19.9. The lowest BCUT2D eigenvalue weighted by Crippen LogP contribution is -2.34. The molecule has 1 aromatic carbocycles. The monoisotopic (exact) mass is 415 g/mol. The van der Waals surface area contributed by atoms with E-state index in [1.165, 1.54) is 29.5 Å². The number of rotatable bonds is 8. The van der Waals surface area contributed by atoms with Crippen LogP contribution in [0.25, 0.3) is 0 Å². The molecular formula is C21H22FN3OS2. The summed E-state index contributed by atoms with van der Waals surface area (Å²) in [5.41, 5.74) is 2.72. The molecule has 0 spiro atoms. The Bertz CT molecular complexity index is 898. The summed E-state index contributed by atoms with van der Waals surface area (Å²) in [4.78, 5) is 19.2. The maximum atomic E-state index is 13.1. The molecule has 0 bridgehead atoms. The molecule has 0 saturated heterocycles. The molecule has 0 aliphatic rings. The third kappa shape index (κ3) is 5.41. The summed E-state index contributed by atoms with van der Waals surface area (Å²) in [5.74, 6) is 0.219. The summed E-state index contributed by atoms with van der Waals surface area (Å²) in [6.07, 6.45) is 1.68.